The van der Waals surface area contributed by atoms with Gasteiger partial charge in [0.2, 0.25) is 0 Å². The maximum Gasteiger partial charge on any atom is 0.164 e. The number of nitrogens with zero attached hydrogens (tertiary/aromatic N) is 4. The molecule has 0 saturated heterocycles. The molecule has 0 aliphatic heterocycles. The minimum Gasteiger partial charge on any atom is -0.455 e. The Hall–Kier alpha value is -6.20. The van der Waals surface area contributed by atoms with E-state index in [0.29, 0.717) is 17.5 Å². The predicted octanol–water partition coefficient (Wildman–Crippen LogP) is 10.1. The second-order valence-electron chi connectivity index (χ2n) is 11.1. The Morgan fingerprint density at radius 3 is 1.80 bits per heavy atom. The molecule has 3 aromatic heterocycles. The third-order valence-corrected chi connectivity index (χ3v) is 8.40. The number of rotatable bonds is 4. The molecule has 3 heterocycles. The highest BCUT2D eigenvalue weighted by molar-refractivity contribution is 6.15. The van der Waals surface area contributed by atoms with E-state index in [-0.39, 0.29) is 0 Å². The van der Waals surface area contributed by atoms with Crippen LogP contribution >= 0.6 is 0 Å². The Morgan fingerprint density at radius 2 is 1.04 bits per heavy atom. The van der Waals surface area contributed by atoms with E-state index in [1.54, 1.807) is 6.20 Å². The van der Waals surface area contributed by atoms with Crippen molar-refractivity contribution in [1.82, 2.24) is 19.9 Å². The Kier molecular flexibility index (Phi) is 5.74. The number of hydrogen-bond donors (Lipinski definition) is 0. The van der Waals surface area contributed by atoms with Crippen molar-refractivity contribution in [3.63, 3.8) is 0 Å². The topological polar surface area (TPSA) is 64.7 Å². The molecule has 9 aromatic rings. The molecule has 6 aromatic carbocycles. The lowest BCUT2D eigenvalue weighted by molar-refractivity contribution is 0.669. The van der Waals surface area contributed by atoms with Crippen molar-refractivity contribution < 1.29 is 4.42 Å². The van der Waals surface area contributed by atoms with Crippen LogP contribution in [-0.4, -0.2) is 19.9 Å². The van der Waals surface area contributed by atoms with Crippen molar-refractivity contribution in [1.29, 1.82) is 0 Å². The van der Waals surface area contributed by atoms with Crippen LogP contribution in [0.1, 0.15) is 0 Å². The summed E-state index contributed by atoms with van der Waals surface area (Å²) in [5, 5.41) is 6.52. The molecule has 5 nitrogen and oxygen atoms in total. The molecular formula is C40H24N4O. The van der Waals surface area contributed by atoms with E-state index >= 15 is 0 Å². The average Bonchev–Trinajstić information content (AvgIpc) is 3.51. The van der Waals surface area contributed by atoms with Gasteiger partial charge in [-0.1, -0.05) is 103 Å². The maximum atomic E-state index is 6.58. The van der Waals surface area contributed by atoms with Gasteiger partial charge in [0, 0.05) is 45.4 Å². The fourth-order valence-corrected chi connectivity index (χ4v) is 6.17. The lowest BCUT2D eigenvalue weighted by Gasteiger charge is -2.11. The molecule has 0 radical (unpaired) electrons. The minimum atomic E-state index is 0.577. The van der Waals surface area contributed by atoms with Gasteiger partial charge < -0.3 is 4.42 Å². The second kappa shape index (κ2) is 10.2. The van der Waals surface area contributed by atoms with Crippen molar-refractivity contribution >= 4 is 43.5 Å². The van der Waals surface area contributed by atoms with Gasteiger partial charge in [-0.2, -0.15) is 0 Å². The molecular weight excluding hydrogens is 552 g/mol. The van der Waals surface area contributed by atoms with Gasteiger partial charge in [0.05, 0.1) is 0 Å². The van der Waals surface area contributed by atoms with Crippen LogP contribution in [0.15, 0.2) is 150 Å². The number of fused-ring (bicyclic) bond motifs is 5. The first-order valence-electron chi connectivity index (χ1n) is 14.9. The molecule has 0 amide bonds. The van der Waals surface area contributed by atoms with E-state index in [0.717, 1.165) is 55.1 Å². The lowest BCUT2D eigenvalue weighted by atomic mass is 9.96. The molecule has 210 valence electrons. The van der Waals surface area contributed by atoms with Crippen LogP contribution in [-0.2, 0) is 0 Å². The molecule has 0 saturated carbocycles. The van der Waals surface area contributed by atoms with E-state index in [9.17, 15) is 0 Å². The fourth-order valence-electron chi connectivity index (χ4n) is 6.17. The molecule has 45 heavy (non-hydrogen) atoms. The summed E-state index contributed by atoms with van der Waals surface area (Å²) in [6.45, 7) is 0. The van der Waals surface area contributed by atoms with Gasteiger partial charge in [-0.3, -0.25) is 4.98 Å². The predicted molar refractivity (Wildman–Crippen MR) is 182 cm³/mol. The largest absolute Gasteiger partial charge is 0.455 e. The Labute approximate surface area is 258 Å². The minimum absolute atomic E-state index is 0.577. The molecule has 0 bridgehead atoms. The average molecular weight is 577 g/mol. The highest BCUT2D eigenvalue weighted by Crippen LogP contribution is 2.41. The maximum absolute atomic E-state index is 6.58. The van der Waals surface area contributed by atoms with Crippen LogP contribution in [0.25, 0.3) is 88.8 Å². The van der Waals surface area contributed by atoms with Crippen molar-refractivity contribution in [2.24, 2.45) is 0 Å². The summed E-state index contributed by atoms with van der Waals surface area (Å²) in [4.78, 5) is 19.6. The van der Waals surface area contributed by atoms with Crippen molar-refractivity contribution in [3.8, 4) is 45.3 Å². The number of aromatic nitrogens is 4. The molecule has 0 aliphatic rings. The number of hydrogen-bond acceptors (Lipinski definition) is 5. The molecule has 0 unspecified atom stereocenters. The van der Waals surface area contributed by atoms with E-state index in [1.165, 1.54) is 16.2 Å². The van der Waals surface area contributed by atoms with Crippen LogP contribution in [0.4, 0.5) is 0 Å². The first kappa shape index (κ1) is 25.3. The van der Waals surface area contributed by atoms with E-state index in [4.69, 9.17) is 19.4 Å². The van der Waals surface area contributed by atoms with Crippen LogP contribution < -0.4 is 0 Å². The summed E-state index contributed by atoms with van der Waals surface area (Å²) >= 11 is 0. The normalized spacial score (nSPS) is 11.6. The fraction of sp³-hybridized carbons (Fsp3) is 0. The number of benzene rings is 6. The van der Waals surface area contributed by atoms with Gasteiger partial charge in [-0.25, -0.2) is 15.0 Å². The monoisotopic (exact) mass is 576 g/mol. The van der Waals surface area contributed by atoms with Crippen molar-refractivity contribution in [3.05, 3.63) is 146 Å². The highest BCUT2D eigenvalue weighted by Gasteiger charge is 2.21. The van der Waals surface area contributed by atoms with Crippen LogP contribution in [0.2, 0.25) is 0 Å². The summed E-state index contributed by atoms with van der Waals surface area (Å²) in [6.07, 6.45) is 3.62. The van der Waals surface area contributed by atoms with Gasteiger partial charge in [-0.05, 0) is 57.4 Å². The quantitative estimate of drug-likeness (QED) is 0.209. The van der Waals surface area contributed by atoms with Crippen LogP contribution in [0, 0.1) is 0 Å². The van der Waals surface area contributed by atoms with Crippen molar-refractivity contribution in [2.45, 2.75) is 0 Å². The smallest absolute Gasteiger partial charge is 0.164 e. The first-order valence-corrected chi connectivity index (χ1v) is 14.9. The van der Waals surface area contributed by atoms with Gasteiger partial charge in [0.1, 0.15) is 11.2 Å². The first-order chi connectivity index (χ1) is 22.3. The van der Waals surface area contributed by atoms with Crippen LogP contribution in [0.5, 0.6) is 0 Å². The Balaban J connectivity index is 1.31. The zero-order valence-electron chi connectivity index (χ0n) is 24.1. The van der Waals surface area contributed by atoms with E-state index < -0.39 is 0 Å². The van der Waals surface area contributed by atoms with E-state index in [2.05, 4.69) is 89.9 Å². The standard InChI is InChI=1S/C40H24N4O/c1-2-10-27(11-3-1)38-42-39(31-17-15-26-9-5-7-13-29(26)23-31)44-40(43-38)33-19-18-32(30-16-14-25-8-4-6-12-28(25)22-30)37-36(33)34-24-41-21-20-35(34)45-37/h1-24H. The Morgan fingerprint density at radius 1 is 0.444 bits per heavy atom. The van der Waals surface area contributed by atoms with Gasteiger partial charge in [0.15, 0.2) is 17.5 Å². The van der Waals surface area contributed by atoms with Gasteiger partial charge in [0.25, 0.3) is 0 Å². The zero-order chi connectivity index (χ0) is 29.7. The molecule has 5 heteroatoms. The summed E-state index contributed by atoms with van der Waals surface area (Å²) in [5.41, 5.74) is 6.34. The summed E-state index contributed by atoms with van der Waals surface area (Å²) in [6, 6.07) is 45.7. The summed E-state index contributed by atoms with van der Waals surface area (Å²) < 4.78 is 6.58. The molecule has 0 aliphatic carbocycles. The van der Waals surface area contributed by atoms with Gasteiger partial charge in [-0.15, -0.1) is 0 Å². The van der Waals surface area contributed by atoms with Crippen LogP contribution in [0.3, 0.4) is 0 Å². The molecule has 0 spiro atoms. The highest BCUT2D eigenvalue weighted by atomic mass is 16.3. The molecule has 9 rings (SSSR count). The van der Waals surface area contributed by atoms with Crippen molar-refractivity contribution in [2.75, 3.05) is 0 Å². The molecule has 0 fully saturated rings. The lowest BCUT2D eigenvalue weighted by Crippen LogP contribution is -2.00. The van der Waals surface area contributed by atoms with Gasteiger partial charge >= 0.3 is 0 Å². The third kappa shape index (κ3) is 4.33. The third-order valence-electron chi connectivity index (χ3n) is 8.40. The summed E-state index contributed by atoms with van der Waals surface area (Å²) in [5.74, 6) is 1.80. The number of furan rings is 1. The second-order valence-corrected chi connectivity index (χ2v) is 11.1. The summed E-state index contributed by atoms with van der Waals surface area (Å²) in [7, 11) is 0. The number of pyridine rings is 1. The SMILES string of the molecule is c1ccc(-c2nc(-c3ccc4ccccc4c3)nc(-c3ccc(-c4ccc5ccccc5c4)c4oc5ccncc5c34)n2)cc1. The molecule has 0 atom stereocenters. The Bertz CT molecular complexity index is 2550. The zero-order valence-corrected chi connectivity index (χ0v) is 24.1. The van der Waals surface area contributed by atoms with E-state index in [1.807, 2.05) is 54.7 Å². The molecule has 0 N–H and O–H groups in total.